The summed E-state index contributed by atoms with van der Waals surface area (Å²) in [4.78, 5) is 27.1. The van der Waals surface area contributed by atoms with E-state index in [0.29, 0.717) is 32.1 Å². The normalized spacial score (nSPS) is 22.3. The maximum Gasteiger partial charge on any atom is 0.409 e. The van der Waals surface area contributed by atoms with E-state index in [4.69, 9.17) is 0 Å². The molecule has 18 heavy (non-hydrogen) atoms. The lowest BCUT2D eigenvalue weighted by Crippen LogP contribution is -2.55. The van der Waals surface area contributed by atoms with Crippen LogP contribution in [0.4, 0.5) is 4.79 Å². The smallest absolute Gasteiger partial charge is 0.409 e. The van der Waals surface area contributed by atoms with E-state index in [0.717, 1.165) is 13.1 Å². The molecule has 102 valence electrons. The highest BCUT2D eigenvalue weighted by Crippen LogP contribution is 2.19. The highest BCUT2D eigenvalue weighted by molar-refractivity contribution is 5.79. The van der Waals surface area contributed by atoms with Crippen molar-refractivity contribution in [2.45, 2.75) is 6.92 Å². The van der Waals surface area contributed by atoms with Crippen LogP contribution in [0.5, 0.6) is 0 Å². The Morgan fingerprint density at radius 1 is 1.17 bits per heavy atom. The monoisotopic (exact) mass is 255 g/mol. The molecule has 2 heterocycles. The van der Waals surface area contributed by atoms with Crippen LogP contribution in [-0.4, -0.2) is 68.2 Å². The average Bonchev–Trinajstić information content (AvgIpc) is 2.35. The summed E-state index contributed by atoms with van der Waals surface area (Å²) >= 11 is 0. The van der Waals surface area contributed by atoms with E-state index < -0.39 is 0 Å². The minimum atomic E-state index is -0.307. The van der Waals surface area contributed by atoms with Gasteiger partial charge in [0.1, 0.15) is 0 Å². The van der Waals surface area contributed by atoms with Gasteiger partial charge in [0, 0.05) is 32.1 Å². The Balaban J connectivity index is 1.81. The third kappa shape index (κ3) is 2.58. The quantitative estimate of drug-likeness (QED) is 0.739. The zero-order valence-corrected chi connectivity index (χ0v) is 11.0. The van der Waals surface area contributed by atoms with Gasteiger partial charge >= 0.3 is 6.09 Å². The van der Waals surface area contributed by atoms with Gasteiger partial charge in [-0.3, -0.25) is 4.79 Å². The molecule has 6 nitrogen and oxygen atoms in total. The van der Waals surface area contributed by atoms with Crippen LogP contribution < -0.4 is 5.32 Å². The predicted molar refractivity (Wildman–Crippen MR) is 66.1 cm³/mol. The Morgan fingerprint density at radius 2 is 1.72 bits per heavy atom. The summed E-state index contributed by atoms with van der Waals surface area (Å²) in [6.45, 7) is 6.23. The van der Waals surface area contributed by atoms with E-state index in [-0.39, 0.29) is 17.9 Å². The van der Waals surface area contributed by atoms with Crippen molar-refractivity contribution >= 4 is 12.0 Å². The summed E-state index contributed by atoms with van der Waals surface area (Å²) in [5.74, 6) is 0.762. The van der Waals surface area contributed by atoms with Crippen LogP contribution in [0.25, 0.3) is 0 Å². The Kier molecular flexibility index (Phi) is 4.06. The van der Waals surface area contributed by atoms with E-state index in [9.17, 15) is 9.59 Å². The predicted octanol–water partition coefficient (Wildman–Crippen LogP) is -0.247. The fourth-order valence-corrected chi connectivity index (χ4v) is 2.39. The number of rotatable bonds is 2. The van der Waals surface area contributed by atoms with Crippen molar-refractivity contribution in [2.24, 2.45) is 11.8 Å². The number of ether oxygens (including phenoxy) is 1. The molecule has 0 aromatic carbocycles. The number of piperazine rings is 1. The molecule has 2 saturated heterocycles. The van der Waals surface area contributed by atoms with E-state index in [1.165, 1.54) is 7.11 Å². The molecule has 6 heteroatoms. The van der Waals surface area contributed by atoms with Gasteiger partial charge in [0.2, 0.25) is 5.91 Å². The van der Waals surface area contributed by atoms with Gasteiger partial charge in [-0.2, -0.15) is 0 Å². The van der Waals surface area contributed by atoms with E-state index in [1.54, 1.807) is 4.90 Å². The topological polar surface area (TPSA) is 61.9 Å². The van der Waals surface area contributed by atoms with Crippen LogP contribution in [0, 0.1) is 11.8 Å². The second-order valence-electron chi connectivity index (χ2n) is 4.99. The van der Waals surface area contributed by atoms with Gasteiger partial charge in [-0.05, 0) is 19.0 Å². The lowest BCUT2D eigenvalue weighted by Gasteiger charge is -2.38. The third-order valence-corrected chi connectivity index (χ3v) is 3.93. The third-order valence-electron chi connectivity index (χ3n) is 3.93. The molecule has 2 amide bonds. The highest BCUT2D eigenvalue weighted by atomic mass is 16.5. The minimum absolute atomic E-state index is 0.0796. The fraction of sp³-hybridized carbons (Fsp3) is 0.833. The second-order valence-corrected chi connectivity index (χ2v) is 4.99. The summed E-state index contributed by atoms with van der Waals surface area (Å²) in [6.07, 6.45) is -0.307. The minimum Gasteiger partial charge on any atom is -0.453 e. The van der Waals surface area contributed by atoms with Crippen molar-refractivity contribution in [3.63, 3.8) is 0 Å². The molecule has 2 aliphatic rings. The molecule has 0 bridgehead atoms. The first-order valence-electron chi connectivity index (χ1n) is 6.46. The summed E-state index contributed by atoms with van der Waals surface area (Å²) in [5, 5.41) is 3.19. The summed E-state index contributed by atoms with van der Waals surface area (Å²) < 4.78 is 4.67. The summed E-state index contributed by atoms with van der Waals surface area (Å²) in [7, 11) is 1.38. The molecule has 0 aromatic rings. The zero-order chi connectivity index (χ0) is 13.1. The lowest BCUT2D eigenvalue weighted by atomic mass is 9.88. The summed E-state index contributed by atoms with van der Waals surface area (Å²) in [5.41, 5.74) is 0. The number of carbonyl (C=O) groups is 2. The van der Waals surface area contributed by atoms with Gasteiger partial charge in [-0.25, -0.2) is 4.79 Å². The molecule has 2 aliphatic heterocycles. The van der Waals surface area contributed by atoms with Gasteiger partial charge in [0.15, 0.2) is 0 Å². The van der Waals surface area contributed by atoms with E-state index in [1.807, 2.05) is 11.8 Å². The van der Waals surface area contributed by atoms with Gasteiger partial charge in [-0.1, -0.05) is 6.92 Å². The van der Waals surface area contributed by atoms with Crippen LogP contribution in [0.15, 0.2) is 0 Å². The van der Waals surface area contributed by atoms with E-state index >= 15 is 0 Å². The first-order chi connectivity index (χ1) is 8.63. The maximum absolute atomic E-state index is 12.2. The molecule has 2 rings (SSSR count). The number of hydrogen-bond acceptors (Lipinski definition) is 4. The van der Waals surface area contributed by atoms with Crippen LogP contribution >= 0.6 is 0 Å². The molecule has 2 fully saturated rings. The Morgan fingerprint density at radius 3 is 2.17 bits per heavy atom. The van der Waals surface area contributed by atoms with E-state index in [2.05, 4.69) is 10.1 Å². The van der Waals surface area contributed by atoms with Crippen molar-refractivity contribution in [3.05, 3.63) is 0 Å². The van der Waals surface area contributed by atoms with Crippen LogP contribution in [0.1, 0.15) is 6.92 Å². The average molecular weight is 255 g/mol. The van der Waals surface area contributed by atoms with Crippen molar-refractivity contribution in [1.29, 1.82) is 0 Å². The number of methoxy groups -OCH3 is 1. The Hall–Kier alpha value is -1.30. The number of hydrogen-bond donors (Lipinski definition) is 1. The molecule has 1 unspecified atom stereocenters. The van der Waals surface area contributed by atoms with Crippen molar-refractivity contribution < 1.29 is 14.3 Å². The molecule has 1 N–H and O–H groups in total. The van der Waals surface area contributed by atoms with Gasteiger partial charge in [-0.15, -0.1) is 0 Å². The fourth-order valence-electron chi connectivity index (χ4n) is 2.39. The molecule has 1 atom stereocenters. The Labute approximate surface area is 107 Å². The molecular weight excluding hydrogens is 234 g/mol. The SMILES string of the molecule is COC(=O)N1CCN(C(=O)C(C)C2CNC2)CC1. The van der Waals surface area contributed by atoms with Gasteiger partial charge < -0.3 is 19.9 Å². The first kappa shape index (κ1) is 13.1. The highest BCUT2D eigenvalue weighted by Gasteiger charge is 2.33. The molecular formula is C12H21N3O3. The zero-order valence-electron chi connectivity index (χ0n) is 11.0. The molecule has 0 aromatic heterocycles. The van der Waals surface area contributed by atoms with Gasteiger partial charge in [0.05, 0.1) is 7.11 Å². The lowest BCUT2D eigenvalue weighted by molar-refractivity contribution is -0.139. The molecule has 0 saturated carbocycles. The maximum atomic E-state index is 12.2. The molecule has 0 radical (unpaired) electrons. The second kappa shape index (κ2) is 5.56. The van der Waals surface area contributed by atoms with Crippen molar-refractivity contribution in [3.8, 4) is 0 Å². The van der Waals surface area contributed by atoms with Gasteiger partial charge in [0.25, 0.3) is 0 Å². The van der Waals surface area contributed by atoms with Crippen molar-refractivity contribution in [2.75, 3.05) is 46.4 Å². The number of nitrogens with one attached hydrogen (secondary N) is 1. The standard InChI is InChI=1S/C12H21N3O3/c1-9(10-7-13-8-10)11(16)14-3-5-15(6-4-14)12(17)18-2/h9-10,13H,3-8H2,1-2H3. The van der Waals surface area contributed by atoms with Crippen molar-refractivity contribution in [1.82, 2.24) is 15.1 Å². The van der Waals surface area contributed by atoms with Crippen LogP contribution in [0.3, 0.4) is 0 Å². The Bertz CT molecular complexity index is 323. The number of carbonyl (C=O) groups excluding carboxylic acids is 2. The van der Waals surface area contributed by atoms with Crippen LogP contribution in [-0.2, 0) is 9.53 Å². The first-order valence-corrected chi connectivity index (χ1v) is 6.46. The van der Waals surface area contributed by atoms with Crippen LogP contribution in [0.2, 0.25) is 0 Å². The number of nitrogens with zero attached hydrogens (tertiary/aromatic N) is 2. The summed E-state index contributed by atoms with van der Waals surface area (Å²) in [6, 6.07) is 0. The molecule has 0 aliphatic carbocycles. The number of amides is 2. The largest absolute Gasteiger partial charge is 0.453 e. The molecule has 0 spiro atoms.